The van der Waals surface area contributed by atoms with Crippen molar-refractivity contribution in [3.05, 3.63) is 84.1 Å². The summed E-state index contributed by atoms with van der Waals surface area (Å²) in [6.07, 6.45) is -4.48. The van der Waals surface area contributed by atoms with E-state index in [0.29, 0.717) is 16.8 Å². The molecule has 0 aliphatic carbocycles. The van der Waals surface area contributed by atoms with Crippen LogP contribution in [-0.4, -0.2) is 10.1 Å². The van der Waals surface area contributed by atoms with Crippen molar-refractivity contribution in [2.75, 3.05) is 0 Å². The van der Waals surface area contributed by atoms with Gasteiger partial charge < -0.3 is 5.11 Å². The van der Waals surface area contributed by atoms with Gasteiger partial charge in [-0.2, -0.15) is 13.2 Å². The lowest BCUT2D eigenvalue weighted by molar-refractivity contribution is -0.137. The third kappa shape index (κ3) is 3.20. The first-order chi connectivity index (χ1) is 13.3. The Hall–Kier alpha value is -3.34. The topological polar surface area (TPSA) is 33.1 Å². The van der Waals surface area contributed by atoms with Gasteiger partial charge >= 0.3 is 6.18 Å². The third-order valence-electron chi connectivity index (χ3n) is 4.66. The summed E-state index contributed by atoms with van der Waals surface area (Å²) in [6, 6.07) is 19.7. The summed E-state index contributed by atoms with van der Waals surface area (Å²) < 4.78 is 40.4. The van der Waals surface area contributed by atoms with E-state index in [-0.39, 0.29) is 17.0 Å². The highest BCUT2D eigenvalue weighted by atomic mass is 19.4. The number of aromatic nitrogens is 1. The summed E-state index contributed by atoms with van der Waals surface area (Å²) in [5.74, 6) is 0.0688. The van der Waals surface area contributed by atoms with Crippen molar-refractivity contribution in [3.63, 3.8) is 0 Å². The molecule has 5 heteroatoms. The number of alkyl halides is 3. The molecule has 0 unspecified atom stereocenters. The van der Waals surface area contributed by atoms with Crippen LogP contribution in [0, 0.1) is 6.92 Å². The molecule has 0 fully saturated rings. The van der Waals surface area contributed by atoms with Crippen molar-refractivity contribution < 1.29 is 18.3 Å². The Kier molecular flexibility index (Phi) is 4.30. The van der Waals surface area contributed by atoms with Gasteiger partial charge in [-0.1, -0.05) is 48.5 Å². The Morgan fingerprint density at radius 1 is 0.857 bits per heavy atom. The molecule has 4 aromatic rings. The Labute approximate surface area is 159 Å². The molecule has 0 amide bonds. The lowest BCUT2D eigenvalue weighted by Crippen LogP contribution is -2.07. The van der Waals surface area contributed by atoms with Crippen LogP contribution >= 0.6 is 0 Å². The van der Waals surface area contributed by atoms with E-state index < -0.39 is 11.7 Å². The molecule has 0 saturated carbocycles. The number of phenolic OH excluding ortho intramolecular Hbond substituents is 1. The summed E-state index contributed by atoms with van der Waals surface area (Å²) in [6.45, 7) is 1.73. The van der Waals surface area contributed by atoms with E-state index in [2.05, 4.69) is 4.98 Å². The predicted octanol–water partition coefficient (Wildman–Crippen LogP) is 6.60. The van der Waals surface area contributed by atoms with E-state index in [0.717, 1.165) is 16.8 Å². The largest absolute Gasteiger partial charge is 0.507 e. The standard InChI is InChI=1S/C23H16F3NO/c1-14-12-16(22-17-7-3-2-6-15(17)10-11-21(22)28)13-20(27-14)18-8-4-5-9-19(18)23(24,25)26/h2-13,28H,1H3. The van der Waals surface area contributed by atoms with Crippen LogP contribution in [0.25, 0.3) is 33.2 Å². The van der Waals surface area contributed by atoms with Gasteiger partial charge in [-0.05, 0) is 47.5 Å². The average Bonchev–Trinajstić information content (AvgIpc) is 2.66. The van der Waals surface area contributed by atoms with E-state index in [1.165, 1.54) is 12.1 Å². The normalized spacial score (nSPS) is 11.7. The number of benzene rings is 3. The molecule has 1 heterocycles. The third-order valence-corrected chi connectivity index (χ3v) is 4.66. The van der Waals surface area contributed by atoms with Gasteiger partial charge in [0, 0.05) is 16.8 Å². The van der Waals surface area contributed by atoms with Crippen LogP contribution in [0.2, 0.25) is 0 Å². The minimum absolute atomic E-state index is 0.0136. The van der Waals surface area contributed by atoms with Crippen LogP contribution in [-0.2, 0) is 6.18 Å². The molecule has 3 aromatic carbocycles. The van der Waals surface area contributed by atoms with Crippen molar-refractivity contribution in [2.24, 2.45) is 0 Å². The first kappa shape index (κ1) is 18.0. The molecule has 140 valence electrons. The van der Waals surface area contributed by atoms with Gasteiger partial charge in [-0.3, -0.25) is 4.98 Å². The highest BCUT2D eigenvalue weighted by Gasteiger charge is 2.33. The van der Waals surface area contributed by atoms with E-state index in [1.807, 2.05) is 30.3 Å². The number of aromatic hydroxyl groups is 1. The molecular formula is C23H16F3NO. The fraction of sp³-hybridized carbons (Fsp3) is 0.0870. The SMILES string of the molecule is Cc1cc(-c2c(O)ccc3ccccc23)cc(-c2ccccc2C(F)(F)F)n1. The van der Waals surface area contributed by atoms with Crippen molar-refractivity contribution in [1.29, 1.82) is 0 Å². The van der Waals surface area contributed by atoms with E-state index in [9.17, 15) is 18.3 Å². The van der Waals surface area contributed by atoms with Gasteiger partial charge in [0.1, 0.15) is 5.75 Å². The second-order valence-electron chi connectivity index (χ2n) is 6.61. The van der Waals surface area contributed by atoms with Gasteiger partial charge in [0.2, 0.25) is 0 Å². The summed E-state index contributed by atoms with van der Waals surface area (Å²) in [7, 11) is 0. The van der Waals surface area contributed by atoms with Gasteiger partial charge in [0.15, 0.2) is 0 Å². The number of hydrogen-bond acceptors (Lipinski definition) is 2. The molecule has 4 rings (SSSR count). The second kappa shape index (κ2) is 6.68. The Morgan fingerprint density at radius 2 is 1.57 bits per heavy atom. The van der Waals surface area contributed by atoms with Crippen LogP contribution in [0.15, 0.2) is 72.8 Å². The summed E-state index contributed by atoms with van der Waals surface area (Å²) in [5.41, 5.74) is 1.26. The summed E-state index contributed by atoms with van der Waals surface area (Å²) in [4.78, 5) is 4.33. The number of aryl methyl sites for hydroxylation is 1. The van der Waals surface area contributed by atoms with Crippen LogP contribution in [0.1, 0.15) is 11.3 Å². The quantitative estimate of drug-likeness (QED) is 0.425. The number of nitrogens with zero attached hydrogens (tertiary/aromatic N) is 1. The zero-order valence-electron chi connectivity index (χ0n) is 15.0. The van der Waals surface area contributed by atoms with Crippen LogP contribution in [0.5, 0.6) is 5.75 Å². The smallest absolute Gasteiger partial charge is 0.417 e. The minimum Gasteiger partial charge on any atom is -0.507 e. The predicted molar refractivity (Wildman–Crippen MR) is 104 cm³/mol. The van der Waals surface area contributed by atoms with Crippen LogP contribution < -0.4 is 0 Å². The monoisotopic (exact) mass is 379 g/mol. The van der Waals surface area contributed by atoms with E-state index in [4.69, 9.17) is 0 Å². The first-order valence-electron chi connectivity index (χ1n) is 8.71. The molecule has 2 nitrogen and oxygen atoms in total. The highest BCUT2D eigenvalue weighted by Crippen LogP contribution is 2.40. The molecule has 1 aromatic heterocycles. The number of rotatable bonds is 2. The molecule has 0 aliphatic rings. The van der Waals surface area contributed by atoms with Gasteiger partial charge in [-0.25, -0.2) is 0 Å². The second-order valence-corrected chi connectivity index (χ2v) is 6.61. The molecule has 0 spiro atoms. The minimum atomic E-state index is -4.48. The fourth-order valence-electron chi connectivity index (χ4n) is 3.47. The first-order valence-corrected chi connectivity index (χ1v) is 8.71. The molecule has 0 bridgehead atoms. The Balaban J connectivity index is 1.98. The van der Waals surface area contributed by atoms with E-state index >= 15 is 0 Å². The Morgan fingerprint density at radius 3 is 2.36 bits per heavy atom. The van der Waals surface area contributed by atoms with Crippen molar-refractivity contribution >= 4 is 10.8 Å². The van der Waals surface area contributed by atoms with Crippen molar-refractivity contribution in [3.8, 4) is 28.1 Å². The van der Waals surface area contributed by atoms with Crippen LogP contribution in [0.4, 0.5) is 13.2 Å². The number of phenols is 1. The molecule has 0 saturated heterocycles. The number of fused-ring (bicyclic) bond motifs is 1. The zero-order valence-corrected chi connectivity index (χ0v) is 15.0. The van der Waals surface area contributed by atoms with Gasteiger partial charge in [0.25, 0.3) is 0 Å². The van der Waals surface area contributed by atoms with E-state index in [1.54, 1.807) is 31.2 Å². The molecule has 0 radical (unpaired) electrons. The molecule has 0 atom stereocenters. The molecule has 1 N–H and O–H groups in total. The van der Waals surface area contributed by atoms with Crippen molar-refractivity contribution in [1.82, 2.24) is 4.98 Å². The zero-order chi connectivity index (χ0) is 19.9. The maximum atomic E-state index is 13.5. The maximum Gasteiger partial charge on any atom is 0.417 e. The summed E-state index contributed by atoms with van der Waals surface area (Å²) in [5, 5.41) is 12.3. The number of hydrogen-bond donors (Lipinski definition) is 1. The molecule has 0 aliphatic heterocycles. The van der Waals surface area contributed by atoms with Gasteiger partial charge in [-0.15, -0.1) is 0 Å². The fourth-order valence-corrected chi connectivity index (χ4v) is 3.47. The van der Waals surface area contributed by atoms with Gasteiger partial charge in [0.05, 0.1) is 11.3 Å². The van der Waals surface area contributed by atoms with Crippen LogP contribution in [0.3, 0.4) is 0 Å². The highest BCUT2D eigenvalue weighted by molar-refractivity contribution is 6.00. The lowest BCUT2D eigenvalue weighted by atomic mass is 9.95. The van der Waals surface area contributed by atoms with Crippen molar-refractivity contribution in [2.45, 2.75) is 13.1 Å². The average molecular weight is 379 g/mol. The lowest BCUT2D eigenvalue weighted by Gasteiger charge is -2.15. The number of pyridine rings is 1. The number of halogens is 3. The Bertz CT molecular complexity index is 1180. The molecule has 28 heavy (non-hydrogen) atoms. The summed E-state index contributed by atoms with van der Waals surface area (Å²) >= 11 is 0. The molecular weight excluding hydrogens is 363 g/mol. The maximum absolute atomic E-state index is 13.5.